The number of hydrogen-bond donors (Lipinski definition) is 2. The average Bonchev–Trinajstić information content (AvgIpc) is 3.09. The molecule has 130 valence electrons. The van der Waals surface area contributed by atoms with E-state index >= 15 is 0 Å². The number of halogens is 1. The van der Waals surface area contributed by atoms with E-state index in [1.807, 2.05) is 31.5 Å². The second-order valence-electron chi connectivity index (χ2n) is 5.40. The maximum absolute atomic E-state index is 13.6. The number of guanidine groups is 1. The fourth-order valence-electron chi connectivity index (χ4n) is 2.33. The zero-order valence-electron chi connectivity index (χ0n) is 14.3. The summed E-state index contributed by atoms with van der Waals surface area (Å²) < 4.78 is 20.8. The molecular formula is C18H25FN4O. The molecule has 2 rings (SSSR count). The SMILES string of the molecule is CCNC(=NCc1ccc(F)c(COC)c1)NCCn1cccc1. The molecule has 1 aromatic heterocycles. The van der Waals surface area contributed by atoms with E-state index in [9.17, 15) is 4.39 Å². The molecule has 1 heterocycles. The lowest BCUT2D eigenvalue weighted by Gasteiger charge is -2.12. The molecule has 24 heavy (non-hydrogen) atoms. The van der Waals surface area contributed by atoms with Crippen LogP contribution in [0.1, 0.15) is 18.1 Å². The van der Waals surface area contributed by atoms with Crippen molar-refractivity contribution in [2.24, 2.45) is 4.99 Å². The van der Waals surface area contributed by atoms with E-state index in [0.717, 1.165) is 31.2 Å². The van der Waals surface area contributed by atoms with Crippen LogP contribution in [0.5, 0.6) is 0 Å². The number of aromatic nitrogens is 1. The van der Waals surface area contributed by atoms with Gasteiger partial charge in [0.1, 0.15) is 5.82 Å². The predicted molar refractivity (Wildman–Crippen MR) is 94.4 cm³/mol. The summed E-state index contributed by atoms with van der Waals surface area (Å²) in [6, 6.07) is 9.02. The second kappa shape index (κ2) is 9.72. The van der Waals surface area contributed by atoms with Crippen LogP contribution >= 0.6 is 0 Å². The van der Waals surface area contributed by atoms with Gasteiger partial charge < -0.3 is 19.9 Å². The van der Waals surface area contributed by atoms with Gasteiger partial charge in [0.15, 0.2) is 5.96 Å². The molecule has 0 aliphatic carbocycles. The van der Waals surface area contributed by atoms with Gasteiger partial charge in [-0.05, 0) is 36.8 Å². The van der Waals surface area contributed by atoms with E-state index in [4.69, 9.17) is 4.74 Å². The van der Waals surface area contributed by atoms with Crippen LogP contribution in [-0.2, 0) is 24.4 Å². The largest absolute Gasteiger partial charge is 0.380 e. The third-order valence-corrected chi connectivity index (χ3v) is 3.50. The lowest BCUT2D eigenvalue weighted by Crippen LogP contribution is -2.38. The van der Waals surface area contributed by atoms with Gasteiger partial charge in [-0.1, -0.05) is 6.07 Å². The minimum atomic E-state index is -0.249. The summed E-state index contributed by atoms with van der Waals surface area (Å²) in [5, 5.41) is 6.51. The molecule has 0 saturated carbocycles. The van der Waals surface area contributed by atoms with Gasteiger partial charge in [-0.15, -0.1) is 0 Å². The van der Waals surface area contributed by atoms with Crippen molar-refractivity contribution in [2.45, 2.75) is 26.6 Å². The minimum Gasteiger partial charge on any atom is -0.380 e. The van der Waals surface area contributed by atoms with Crippen molar-refractivity contribution < 1.29 is 9.13 Å². The maximum Gasteiger partial charge on any atom is 0.191 e. The Balaban J connectivity index is 1.93. The molecule has 2 aromatic rings. The molecule has 6 heteroatoms. The van der Waals surface area contributed by atoms with Crippen molar-refractivity contribution in [1.29, 1.82) is 0 Å². The highest BCUT2D eigenvalue weighted by molar-refractivity contribution is 5.79. The zero-order chi connectivity index (χ0) is 17.2. The number of aliphatic imine (C=N–C) groups is 1. The maximum atomic E-state index is 13.6. The molecule has 0 saturated heterocycles. The van der Waals surface area contributed by atoms with E-state index in [-0.39, 0.29) is 12.4 Å². The molecule has 0 atom stereocenters. The summed E-state index contributed by atoms with van der Waals surface area (Å²) in [5.41, 5.74) is 1.50. The molecule has 0 spiro atoms. The van der Waals surface area contributed by atoms with Gasteiger partial charge in [0.2, 0.25) is 0 Å². The molecule has 0 aliphatic heterocycles. The Bertz CT molecular complexity index is 640. The normalized spacial score (nSPS) is 11.5. The van der Waals surface area contributed by atoms with Gasteiger partial charge in [0, 0.05) is 44.7 Å². The number of hydrogen-bond acceptors (Lipinski definition) is 2. The number of methoxy groups -OCH3 is 1. The van der Waals surface area contributed by atoms with E-state index in [2.05, 4.69) is 20.2 Å². The lowest BCUT2D eigenvalue weighted by molar-refractivity contribution is 0.181. The zero-order valence-corrected chi connectivity index (χ0v) is 14.3. The third kappa shape index (κ3) is 5.70. The number of rotatable bonds is 8. The van der Waals surface area contributed by atoms with Gasteiger partial charge in [0.05, 0.1) is 13.2 Å². The molecule has 2 N–H and O–H groups in total. The van der Waals surface area contributed by atoms with Gasteiger partial charge in [-0.25, -0.2) is 9.38 Å². The van der Waals surface area contributed by atoms with E-state index in [0.29, 0.717) is 12.1 Å². The Labute approximate surface area is 142 Å². The summed E-state index contributed by atoms with van der Waals surface area (Å²) in [6.45, 7) is 5.20. The highest BCUT2D eigenvalue weighted by Gasteiger charge is 2.04. The summed E-state index contributed by atoms with van der Waals surface area (Å²) in [6.07, 6.45) is 4.06. The topological polar surface area (TPSA) is 50.6 Å². The molecule has 0 unspecified atom stereocenters. The highest BCUT2D eigenvalue weighted by Crippen LogP contribution is 2.12. The summed E-state index contributed by atoms with van der Waals surface area (Å²) in [7, 11) is 1.56. The van der Waals surface area contributed by atoms with Crippen molar-refractivity contribution in [3.63, 3.8) is 0 Å². The van der Waals surface area contributed by atoms with Gasteiger partial charge in [0.25, 0.3) is 0 Å². The Hall–Kier alpha value is -2.34. The Kier molecular flexibility index (Phi) is 7.29. The summed E-state index contributed by atoms with van der Waals surface area (Å²) in [4.78, 5) is 4.56. The van der Waals surface area contributed by atoms with Crippen LogP contribution in [0.2, 0.25) is 0 Å². The fraction of sp³-hybridized carbons (Fsp3) is 0.389. The molecule has 0 aliphatic rings. The smallest absolute Gasteiger partial charge is 0.191 e. The lowest BCUT2D eigenvalue weighted by atomic mass is 10.1. The number of benzene rings is 1. The number of nitrogens with one attached hydrogen (secondary N) is 2. The van der Waals surface area contributed by atoms with Crippen molar-refractivity contribution in [3.8, 4) is 0 Å². The van der Waals surface area contributed by atoms with Gasteiger partial charge in [-0.3, -0.25) is 0 Å². The quantitative estimate of drug-likeness (QED) is 0.577. The third-order valence-electron chi connectivity index (χ3n) is 3.50. The molecular weight excluding hydrogens is 307 g/mol. The van der Waals surface area contributed by atoms with Crippen molar-refractivity contribution >= 4 is 5.96 Å². The first-order valence-electron chi connectivity index (χ1n) is 8.12. The van der Waals surface area contributed by atoms with Crippen LogP contribution in [-0.4, -0.2) is 30.7 Å². The van der Waals surface area contributed by atoms with Crippen LogP contribution in [0, 0.1) is 5.82 Å². The molecule has 0 fully saturated rings. The molecule has 5 nitrogen and oxygen atoms in total. The standard InChI is InChI=1S/C18H25FN4O/c1-3-20-18(21-8-11-23-9-4-5-10-23)22-13-15-6-7-17(19)16(12-15)14-24-2/h4-7,9-10,12H,3,8,11,13-14H2,1-2H3,(H2,20,21,22). The van der Waals surface area contributed by atoms with E-state index in [1.165, 1.54) is 6.07 Å². The van der Waals surface area contributed by atoms with Crippen LogP contribution < -0.4 is 10.6 Å². The first-order chi connectivity index (χ1) is 11.7. The van der Waals surface area contributed by atoms with Crippen LogP contribution in [0.15, 0.2) is 47.7 Å². The highest BCUT2D eigenvalue weighted by atomic mass is 19.1. The Morgan fingerprint density at radius 2 is 2.04 bits per heavy atom. The second-order valence-corrected chi connectivity index (χ2v) is 5.40. The van der Waals surface area contributed by atoms with E-state index < -0.39 is 0 Å². The minimum absolute atomic E-state index is 0.249. The summed E-state index contributed by atoms with van der Waals surface area (Å²) >= 11 is 0. The van der Waals surface area contributed by atoms with Gasteiger partial charge in [-0.2, -0.15) is 0 Å². The number of nitrogens with zero attached hydrogens (tertiary/aromatic N) is 2. The first kappa shape index (κ1) is 18.0. The Morgan fingerprint density at radius 1 is 1.25 bits per heavy atom. The van der Waals surface area contributed by atoms with Gasteiger partial charge >= 0.3 is 0 Å². The van der Waals surface area contributed by atoms with Crippen molar-refractivity contribution in [2.75, 3.05) is 20.2 Å². The molecule has 1 aromatic carbocycles. The summed E-state index contributed by atoms with van der Waals surface area (Å²) in [5.74, 6) is 0.503. The Morgan fingerprint density at radius 3 is 2.75 bits per heavy atom. The van der Waals surface area contributed by atoms with E-state index in [1.54, 1.807) is 19.2 Å². The van der Waals surface area contributed by atoms with Crippen LogP contribution in [0.25, 0.3) is 0 Å². The molecule has 0 radical (unpaired) electrons. The van der Waals surface area contributed by atoms with Crippen LogP contribution in [0.3, 0.4) is 0 Å². The van der Waals surface area contributed by atoms with Crippen molar-refractivity contribution in [3.05, 3.63) is 59.7 Å². The fourth-order valence-corrected chi connectivity index (χ4v) is 2.33. The van der Waals surface area contributed by atoms with Crippen molar-refractivity contribution in [1.82, 2.24) is 15.2 Å². The monoisotopic (exact) mass is 332 g/mol. The molecule has 0 amide bonds. The number of ether oxygens (including phenoxy) is 1. The first-order valence-corrected chi connectivity index (χ1v) is 8.12. The average molecular weight is 332 g/mol. The predicted octanol–water partition coefficient (Wildman–Crippen LogP) is 2.53. The molecule has 0 bridgehead atoms. The van der Waals surface area contributed by atoms with Crippen LogP contribution in [0.4, 0.5) is 4.39 Å².